The van der Waals surface area contributed by atoms with E-state index in [1.807, 2.05) is 30.3 Å². The average molecular weight is 398 g/mol. The second kappa shape index (κ2) is 9.72. The Labute approximate surface area is 161 Å². The number of hydrogen-bond donors (Lipinski definition) is 1. The van der Waals surface area contributed by atoms with Crippen LogP contribution < -0.4 is 0 Å². The first-order valence-electron chi connectivity index (χ1n) is 8.31. The fraction of sp³-hybridized carbons (Fsp3) is 0.500. The minimum atomic E-state index is -1.27. The quantitative estimate of drug-likeness (QED) is 0.560. The first-order valence-corrected chi connectivity index (χ1v) is 9.19. The van der Waals surface area contributed by atoms with Gasteiger partial charge >= 0.3 is 17.9 Å². The van der Waals surface area contributed by atoms with Gasteiger partial charge in [-0.1, -0.05) is 30.0 Å². The number of aliphatic hydroxyl groups is 1. The number of hydrogen-bond acceptors (Lipinski definition) is 9. The summed E-state index contributed by atoms with van der Waals surface area (Å²) in [5.41, 5.74) is -0.830. The number of thioether (sulfide) groups is 1. The molecule has 1 aromatic rings. The van der Waals surface area contributed by atoms with E-state index in [1.165, 1.54) is 32.5 Å². The van der Waals surface area contributed by atoms with Crippen LogP contribution in [-0.4, -0.2) is 59.5 Å². The standard InChI is InChI=1S/C18H22O8S/c1-10(19)23-9-14-16(24-11(2)20)17(25-12(3)21)15(22)18(26-14)27-13-7-5-4-6-8-13/h4-8,14-18,22H,9H2,1-3H3. The van der Waals surface area contributed by atoms with E-state index in [0.717, 1.165) is 4.90 Å². The van der Waals surface area contributed by atoms with E-state index in [2.05, 4.69) is 0 Å². The van der Waals surface area contributed by atoms with Gasteiger partial charge in [0.15, 0.2) is 12.2 Å². The highest BCUT2D eigenvalue weighted by molar-refractivity contribution is 7.99. The molecule has 5 unspecified atom stereocenters. The molecule has 0 spiro atoms. The van der Waals surface area contributed by atoms with Crippen LogP contribution in [0.3, 0.4) is 0 Å². The Hall–Kier alpha value is -2.10. The summed E-state index contributed by atoms with van der Waals surface area (Å²) < 4.78 is 21.3. The van der Waals surface area contributed by atoms with Crippen LogP contribution in [0.25, 0.3) is 0 Å². The van der Waals surface area contributed by atoms with E-state index in [1.54, 1.807) is 0 Å². The zero-order valence-corrected chi connectivity index (χ0v) is 16.0. The highest BCUT2D eigenvalue weighted by Gasteiger charge is 2.50. The smallest absolute Gasteiger partial charge is 0.303 e. The van der Waals surface area contributed by atoms with Crippen molar-refractivity contribution in [1.82, 2.24) is 0 Å². The molecule has 8 nitrogen and oxygen atoms in total. The molecule has 2 rings (SSSR count). The summed E-state index contributed by atoms with van der Waals surface area (Å²) >= 11 is 1.22. The maximum absolute atomic E-state index is 11.5. The molecule has 1 N–H and O–H groups in total. The second-order valence-corrected chi connectivity index (χ2v) is 7.09. The van der Waals surface area contributed by atoms with Crippen molar-refractivity contribution in [3.05, 3.63) is 30.3 Å². The van der Waals surface area contributed by atoms with Gasteiger partial charge in [0.2, 0.25) is 0 Å². The Morgan fingerprint density at radius 2 is 1.59 bits per heavy atom. The molecule has 148 valence electrons. The zero-order chi connectivity index (χ0) is 20.0. The minimum absolute atomic E-state index is 0.219. The lowest BCUT2D eigenvalue weighted by molar-refractivity contribution is -0.231. The van der Waals surface area contributed by atoms with Crippen molar-refractivity contribution in [2.75, 3.05) is 6.61 Å². The van der Waals surface area contributed by atoms with E-state index in [-0.39, 0.29) is 6.61 Å². The Bertz CT molecular complexity index is 665. The molecule has 1 saturated heterocycles. The summed E-state index contributed by atoms with van der Waals surface area (Å²) in [6.07, 6.45) is -4.46. The monoisotopic (exact) mass is 398 g/mol. The van der Waals surface area contributed by atoms with Crippen molar-refractivity contribution < 1.29 is 38.4 Å². The Kier molecular flexibility index (Phi) is 7.64. The van der Waals surface area contributed by atoms with Crippen molar-refractivity contribution in [2.45, 2.75) is 55.5 Å². The van der Waals surface area contributed by atoms with Crippen molar-refractivity contribution in [2.24, 2.45) is 0 Å². The summed E-state index contributed by atoms with van der Waals surface area (Å²) in [5, 5.41) is 10.7. The van der Waals surface area contributed by atoms with Gasteiger partial charge in [-0.3, -0.25) is 14.4 Å². The molecule has 5 atom stereocenters. The normalized spacial score (nSPS) is 27.5. The zero-order valence-electron chi connectivity index (χ0n) is 15.2. The molecule has 0 radical (unpaired) electrons. The molecule has 0 aliphatic carbocycles. The van der Waals surface area contributed by atoms with Crippen LogP contribution in [-0.2, 0) is 33.3 Å². The Morgan fingerprint density at radius 3 is 2.15 bits per heavy atom. The van der Waals surface area contributed by atoms with Gasteiger partial charge in [0.1, 0.15) is 24.3 Å². The first kappa shape index (κ1) is 21.2. The molecule has 1 aromatic carbocycles. The Morgan fingerprint density at radius 1 is 1.00 bits per heavy atom. The lowest BCUT2D eigenvalue weighted by atomic mass is 9.99. The van der Waals surface area contributed by atoms with E-state index < -0.39 is 47.8 Å². The van der Waals surface area contributed by atoms with Gasteiger partial charge in [0, 0.05) is 25.7 Å². The molecule has 0 saturated carbocycles. The van der Waals surface area contributed by atoms with Crippen LogP contribution in [0.5, 0.6) is 0 Å². The van der Waals surface area contributed by atoms with E-state index in [9.17, 15) is 19.5 Å². The fourth-order valence-corrected chi connectivity index (χ4v) is 3.69. The minimum Gasteiger partial charge on any atom is -0.463 e. The van der Waals surface area contributed by atoms with Crippen LogP contribution >= 0.6 is 11.8 Å². The number of ether oxygens (including phenoxy) is 4. The van der Waals surface area contributed by atoms with E-state index in [0.29, 0.717) is 0 Å². The summed E-state index contributed by atoms with van der Waals surface area (Å²) in [5.74, 6) is -1.83. The highest BCUT2D eigenvalue weighted by atomic mass is 32.2. The van der Waals surface area contributed by atoms with Crippen molar-refractivity contribution in [3.8, 4) is 0 Å². The molecule has 27 heavy (non-hydrogen) atoms. The Balaban J connectivity index is 2.27. The molecule has 1 aliphatic rings. The number of carbonyl (C=O) groups excluding carboxylic acids is 3. The third-order valence-corrected chi connectivity index (χ3v) is 4.83. The number of carbonyl (C=O) groups is 3. The third-order valence-electron chi connectivity index (χ3n) is 3.66. The molecule has 1 fully saturated rings. The van der Waals surface area contributed by atoms with Crippen molar-refractivity contribution in [3.63, 3.8) is 0 Å². The maximum atomic E-state index is 11.5. The predicted octanol–water partition coefficient (Wildman–Crippen LogP) is 1.29. The predicted molar refractivity (Wildman–Crippen MR) is 94.7 cm³/mol. The number of benzene rings is 1. The highest BCUT2D eigenvalue weighted by Crippen LogP contribution is 2.35. The fourth-order valence-electron chi connectivity index (χ4n) is 2.62. The second-order valence-electron chi connectivity index (χ2n) is 5.92. The topological polar surface area (TPSA) is 108 Å². The molecule has 0 aromatic heterocycles. The van der Waals surface area contributed by atoms with Crippen LogP contribution in [0.1, 0.15) is 20.8 Å². The molecule has 0 amide bonds. The lowest BCUT2D eigenvalue weighted by Crippen LogP contribution is -2.60. The van der Waals surface area contributed by atoms with Gasteiger partial charge in [0.25, 0.3) is 0 Å². The average Bonchev–Trinajstić information content (AvgIpc) is 2.59. The first-order chi connectivity index (χ1) is 12.8. The summed E-state index contributed by atoms with van der Waals surface area (Å²) in [7, 11) is 0. The van der Waals surface area contributed by atoms with Gasteiger partial charge < -0.3 is 24.1 Å². The van der Waals surface area contributed by atoms with Gasteiger partial charge in [-0.15, -0.1) is 0 Å². The molecule has 9 heteroatoms. The van der Waals surface area contributed by atoms with Crippen LogP contribution in [0.4, 0.5) is 0 Å². The third kappa shape index (κ3) is 6.23. The number of rotatable bonds is 6. The van der Waals surface area contributed by atoms with Crippen LogP contribution in [0.2, 0.25) is 0 Å². The number of aliphatic hydroxyl groups excluding tert-OH is 1. The summed E-state index contributed by atoms with van der Waals surface area (Å²) in [6.45, 7) is 3.39. The van der Waals surface area contributed by atoms with E-state index in [4.69, 9.17) is 18.9 Å². The molecule has 1 aliphatic heterocycles. The largest absolute Gasteiger partial charge is 0.463 e. The maximum Gasteiger partial charge on any atom is 0.303 e. The molecule has 0 bridgehead atoms. The number of esters is 3. The van der Waals surface area contributed by atoms with Crippen molar-refractivity contribution >= 4 is 29.7 Å². The van der Waals surface area contributed by atoms with Gasteiger partial charge in [-0.2, -0.15) is 0 Å². The van der Waals surface area contributed by atoms with Crippen molar-refractivity contribution in [1.29, 1.82) is 0 Å². The van der Waals surface area contributed by atoms with Gasteiger partial charge in [-0.05, 0) is 12.1 Å². The summed E-state index contributed by atoms with van der Waals surface area (Å²) in [6, 6.07) is 9.18. The molecule has 1 heterocycles. The molecular weight excluding hydrogens is 376 g/mol. The van der Waals surface area contributed by atoms with Gasteiger partial charge in [0.05, 0.1) is 0 Å². The SMILES string of the molecule is CC(=O)OCC1OC(Sc2ccccc2)C(O)C(OC(C)=O)C1OC(C)=O. The van der Waals surface area contributed by atoms with E-state index >= 15 is 0 Å². The lowest BCUT2D eigenvalue weighted by Gasteiger charge is -2.42. The van der Waals surface area contributed by atoms with Crippen LogP contribution in [0, 0.1) is 0 Å². The van der Waals surface area contributed by atoms with Gasteiger partial charge in [-0.25, -0.2) is 0 Å². The van der Waals surface area contributed by atoms with Crippen LogP contribution in [0.15, 0.2) is 35.2 Å². The summed E-state index contributed by atoms with van der Waals surface area (Å²) in [4.78, 5) is 35.0. The molecular formula is C18H22O8S.